The average Bonchev–Trinajstić information content (AvgIpc) is 2.87. The number of nitrogens with one attached hydrogen (secondary N) is 1. The standard InChI is InChI=1S/C16H17N3/c1-17-11-16-18-9-10-19(16)12-14-7-4-6-13-5-2-3-8-15(13)14/h2-10,17H,11-12H2,1H3. The SMILES string of the molecule is CNCc1nccn1Cc1cccc2ccccc12. The largest absolute Gasteiger partial charge is 0.329 e. The predicted molar refractivity (Wildman–Crippen MR) is 78.0 cm³/mol. The van der Waals surface area contributed by atoms with Crippen LogP contribution in [0.2, 0.25) is 0 Å². The molecule has 0 unspecified atom stereocenters. The molecule has 3 aromatic rings. The molecule has 3 rings (SSSR count). The summed E-state index contributed by atoms with van der Waals surface area (Å²) in [6, 6.07) is 15.0. The molecule has 1 heterocycles. The molecule has 0 fully saturated rings. The van der Waals surface area contributed by atoms with Gasteiger partial charge in [-0.25, -0.2) is 4.98 Å². The van der Waals surface area contributed by atoms with E-state index in [-0.39, 0.29) is 0 Å². The van der Waals surface area contributed by atoms with Gasteiger partial charge in [-0.3, -0.25) is 0 Å². The number of hydrogen-bond donors (Lipinski definition) is 1. The summed E-state index contributed by atoms with van der Waals surface area (Å²) in [6.07, 6.45) is 3.90. The Morgan fingerprint density at radius 2 is 1.95 bits per heavy atom. The van der Waals surface area contributed by atoms with Gasteiger partial charge in [0, 0.05) is 18.9 Å². The lowest BCUT2D eigenvalue weighted by atomic mass is 10.0. The minimum Gasteiger partial charge on any atom is -0.329 e. The van der Waals surface area contributed by atoms with Gasteiger partial charge in [-0.1, -0.05) is 42.5 Å². The predicted octanol–water partition coefficient (Wildman–Crippen LogP) is 2.80. The van der Waals surface area contributed by atoms with Crippen molar-refractivity contribution in [1.29, 1.82) is 0 Å². The van der Waals surface area contributed by atoms with E-state index in [0.717, 1.165) is 18.9 Å². The average molecular weight is 251 g/mol. The number of nitrogens with zero attached hydrogens (tertiary/aromatic N) is 2. The summed E-state index contributed by atoms with van der Waals surface area (Å²) in [7, 11) is 1.94. The van der Waals surface area contributed by atoms with Gasteiger partial charge in [-0.2, -0.15) is 0 Å². The molecule has 96 valence electrons. The smallest absolute Gasteiger partial charge is 0.122 e. The molecule has 1 aromatic heterocycles. The Labute approximate surface area is 112 Å². The van der Waals surface area contributed by atoms with Gasteiger partial charge in [0.05, 0.1) is 6.54 Å². The topological polar surface area (TPSA) is 29.9 Å². The zero-order valence-corrected chi connectivity index (χ0v) is 11.0. The monoisotopic (exact) mass is 251 g/mol. The Bertz CT molecular complexity index is 680. The van der Waals surface area contributed by atoms with Crippen LogP contribution in [0.5, 0.6) is 0 Å². The van der Waals surface area contributed by atoms with Crippen molar-refractivity contribution in [2.45, 2.75) is 13.1 Å². The lowest BCUT2D eigenvalue weighted by Crippen LogP contribution is -2.12. The van der Waals surface area contributed by atoms with Crippen LogP contribution in [-0.2, 0) is 13.1 Å². The molecule has 1 N–H and O–H groups in total. The van der Waals surface area contributed by atoms with E-state index in [0.29, 0.717) is 0 Å². The summed E-state index contributed by atoms with van der Waals surface area (Å²) >= 11 is 0. The number of imidazole rings is 1. The van der Waals surface area contributed by atoms with Crippen LogP contribution in [0.4, 0.5) is 0 Å². The highest BCUT2D eigenvalue weighted by Gasteiger charge is 2.05. The second-order valence-corrected chi connectivity index (χ2v) is 4.64. The first kappa shape index (κ1) is 11.9. The molecule has 0 aliphatic heterocycles. The second-order valence-electron chi connectivity index (χ2n) is 4.64. The third-order valence-corrected chi connectivity index (χ3v) is 3.36. The zero-order chi connectivity index (χ0) is 13.1. The third kappa shape index (κ3) is 2.37. The van der Waals surface area contributed by atoms with Crippen molar-refractivity contribution < 1.29 is 0 Å². The van der Waals surface area contributed by atoms with Crippen molar-refractivity contribution in [3.63, 3.8) is 0 Å². The summed E-state index contributed by atoms with van der Waals surface area (Å²) in [5.74, 6) is 1.07. The maximum atomic E-state index is 4.38. The molecule has 0 aliphatic carbocycles. The van der Waals surface area contributed by atoms with E-state index in [4.69, 9.17) is 0 Å². The normalized spacial score (nSPS) is 11.0. The van der Waals surface area contributed by atoms with Gasteiger partial charge in [-0.05, 0) is 23.4 Å². The van der Waals surface area contributed by atoms with Crippen LogP contribution in [0.3, 0.4) is 0 Å². The van der Waals surface area contributed by atoms with Crippen LogP contribution < -0.4 is 5.32 Å². The van der Waals surface area contributed by atoms with Crippen LogP contribution in [0, 0.1) is 0 Å². The van der Waals surface area contributed by atoms with E-state index < -0.39 is 0 Å². The first-order valence-corrected chi connectivity index (χ1v) is 6.50. The van der Waals surface area contributed by atoms with Gasteiger partial charge in [-0.15, -0.1) is 0 Å². The van der Waals surface area contributed by atoms with E-state index in [1.54, 1.807) is 0 Å². The summed E-state index contributed by atoms with van der Waals surface area (Å²) in [5, 5.41) is 5.75. The molecule has 3 heteroatoms. The molecular formula is C16H17N3. The van der Waals surface area contributed by atoms with Gasteiger partial charge in [0.15, 0.2) is 0 Å². The number of hydrogen-bond acceptors (Lipinski definition) is 2. The van der Waals surface area contributed by atoms with Crippen molar-refractivity contribution in [2.75, 3.05) is 7.05 Å². The fourth-order valence-corrected chi connectivity index (χ4v) is 2.42. The molecule has 0 amide bonds. The second kappa shape index (κ2) is 5.24. The molecule has 0 bridgehead atoms. The van der Waals surface area contributed by atoms with Crippen LogP contribution >= 0.6 is 0 Å². The van der Waals surface area contributed by atoms with Gasteiger partial charge < -0.3 is 9.88 Å². The molecule has 2 aromatic carbocycles. The Hall–Kier alpha value is -2.13. The molecule has 0 aliphatic rings. The first-order valence-electron chi connectivity index (χ1n) is 6.50. The van der Waals surface area contributed by atoms with Crippen LogP contribution in [0.15, 0.2) is 54.9 Å². The van der Waals surface area contributed by atoms with E-state index in [9.17, 15) is 0 Å². The number of rotatable bonds is 4. The summed E-state index contributed by atoms with van der Waals surface area (Å²) < 4.78 is 2.19. The van der Waals surface area contributed by atoms with Crippen LogP contribution in [0.25, 0.3) is 10.8 Å². The zero-order valence-electron chi connectivity index (χ0n) is 11.0. The van der Waals surface area contributed by atoms with E-state index >= 15 is 0 Å². The fraction of sp³-hybridized carbons (Fsp3) is 0.188. The Morgan fingerprint density at radius 1 is 1.11 bits per heavy atom. The molecule has 19 heavy (non-hydrogen) atoms. The molecule has 0 radical (unpaired) electrons. The van der Waals surface area contributed by atoms with E-state index in [1.807, 2.05) is 19.4 Å². The Balaban J connectivity index is 1.99. The lowest BCUT2D eigenvalue weighted by molar-refractivity contribution is 0.675. The summed E-state index contributed by atoms with van der Waals surface area (Å²) in [5.41, 5.74) is 1.33. The van der Waals surface area contributed by atoms with E-state index in [1.165, 1.54) is 16.3 Å². The van der Waals surface area contributed by atoms with Gasteiger partial charge >= 0.3 is 0 Å². The highest BCUT2D eigenvalue weighted by molar-refractivity contribution is 5.85. The molecule has 0 spiro atoms. The van der Waals surface area contributed by atoms with Crippen LogP contribution in [0.1, 0.15) is 11.4 Å². The summed E-state index contributed by atoms with van der Waals surface area (Å²) in [4.78, 5) is 4.38. The van der Waals surface area contributed by atoms with Crippen molar-refractivity contribution in [3.8, 4) is 0 Å². The minimum absolute atomic E-state index is 0.789. The first-order chi connectivity index (χ1) is 9.38. The van der Waals surface area contributed by atoms with Crippen molar-refractivity contribution in [1.82, 2.24) is 14.9 Å². The minimum atomic E-state index is 0.789. The third-order valence-electron chi connectivity index (χ3n) is 3.36. The number of aromatic nitrogens is 2. The molecule has 0 saturated carbocycles. The Kier molecular flexibility index (Phi) is 3.29. The summed E-state index contributed by atoms with van der Waals surface area (Å²) in [6.45, 7) is 1.65. The maximum Gasteiger partial charge on any atom is 0.122 e. The molecule has 0 atom stereocenters. The van der Waals surface area contributed by atoms with Gasteiger partial charge in [0.2, 0.25) is 0 Å². The Morgan fingerprint density at radius 3 is 2.84 bits per heavy atom. The highest BCUT2D eigenvalue weighted by Crippen LogP contribution is 2.19. The van der Waals surface area contributed by atoms with Crippen molar-refractivity contribution in [2.24, 2.45) is 0 Å². The highest BCUT2D eigenvalue weighted by atomic mass is 15.1. The number of fused-ring (bicyclic) bond motifs is 1. The van der Waals surface area contributed by atoms with Crippen LogP contribution in [-0.4, -0.2) is 16.6 Å². The van der Waals surface area contributed by atoms with Gasteiger partial charge in [0.1, 0.15) is 5.82 Å². The molecule has 0 saturated heterocycles. The van der Waals surface area contributed by atoms with Crippen molar-refractivity contribution in [3.05, 3.63) is 66.2 Å². The molecule has 3 nitrogen and oxygen atoms in total. The van der Waals surface area contributed by atoms with Crippen molar-refractivity contribution >= 4 is 10.8 Å². The van der Waals surface area contributed by atoms with Gasteiger partial charge in [0.25, 0.3) is 0 Å². The number of benzene rings is 2. The molecular weight excluding hydrogens is 234 g/mol. The lowest BCUT2D eigenvalue weighted by Gasteiger charge is -2.10. The quantitative estimate of drug-likeness (QED) is 0.772. The maximum absolute atomic E-state index is 4.38. The van der Waals surface area contributed by atoms with E-state index in [2.05, 4.69) is 57.3 Å². The fourth-order valence-electron chi connectivity index (χ4n) is 2.42.